The second-order valence-corrected chi connectivity index (χ2v) is 3.41. The maximum absolute atomic E-state index is 10.8. The fraction of sp³-hybridized carbons (Fsp3) is 0.875. The maximum Gasteiger partial charge on any atom is 0.334 e. The Morgan fingerprint density at radius 1 is 1.46 bits per heavy atom. The molecule has 0 aromatic heterocycles. The second-order valence-electron chi connectivity index (χ2n) is 3.41. The predicted molar refractivity (Wildman–Crippen MR) is 44.9 cm³/mol. The molecule has 0 fully saturated rings. The molecule has 1 unspecified atom stereocenters. The summed E-state index contributed by atoms with van der Waals surface area (Å²) in [4.78, 5) is 10.8. The van der Waals surface area contributed by atoms with E-state index in [1.54, 1.807) is 6.92 Å². The van der Waals surface area contributed by atoms with Crippen molar-refractivity contribution >= 4 is 5.97 Å². The first-order valence-corrected chi connectivity index (χ1v) is 4.01. The molecule has 0 aromatic carbocycles. The zero-order valence-corrected chi connectivity index (χ0v) is 7.86. The number of carbonyl (C=O) groups is 1. The summed E-state index contributed by atoms with van der Waals surface area (Å²) in [5.41, 5.74) is -0.843. The molecule has 0 aromatic rings. The van der Waals surface area contributed by atoms with E-state index in [1.165, 1.54) is 6.92 Å². The summed E-state index contributed by atoms with van der Waals surface area (Å²) in [6, 6.07) is 0. The van der Waals surface area contributed by atoms with Crippen molar-refractivity contribution in [3.63, 3.8) is 0 Å². The minimum atomic E-state index is -1.18. The molecule has 5 heteroatoms. The first kappa shape index (κ1) is 12.3. The van der Waals surface area contributed by atoms with Crippen molar-refractivity contribution in [1.82, 2.24) is 0 Å². The topological polar surface area (TPSA) is 87.0 Å². The van der Waals surface area contributed by atoms with E-state index >= 15 is 0 Å². The third-order valence-corrected chi connectivity index (χ3v) is 1.67. The summed E-state index contributed by atoms with van der Waals surface area (Å²) in [6.45, 7) is 2.19. The highest BCUT2D eigenvalue weighted by Gasteiger charge is 2.25. The van der Waals surface area contributed by atoms with Gasteiger partial charge in [0.05, 0.1) is 13.2 Å². The van der Waals surface area contributed by atoms with Gasteiger partial charge in [0.2, 0.25) is 0 Å². The minimum Gasteiger partial charge on any atom is -0.463 e. The molecule has 0 saturated heterocycles. The van der Waals surface area contributed by atoms with Crippen molar-refractivity contribution in [3.8, 4) is 0 Å². The Morgan fingerprint density at radius 2 is 1.92 bits per heavy atom. The Morgan fingerprint density at radius 3 is 2.23 bits per heavy atom. The summed E-state index contributed by atoms with van der Waals surface area (Å²) < 4.78 is 4.64. The van der Waals surface area contributed by atoms with Gasteiger partial charge < -0.3 is 20.1 Å². The number of hydrogen-bond acceptors (Lipinski definition) is 5. The summed E-state index contributed by atoms with van der Waals surface area (Å²) in [5, 5.41) is 26.4. The quantitative estimate of drug-likeness (QED) is 0.481. The van der Waals surface area contributed by atoms with Crippen molar-refractivity contribution in [3.05, 3.63) is 0 Å². The van der Waals surface area contributed by atoms with Crippen LogP contribution in [0.2, 0.25) is 0 Å². The number of rotatable bonds is 5. The Kier molecular flexibility index (Phi) is 4.90. The monoisotopic (exact) mass is 192 g/mol. The molecule has 1 atom stereocenters. The van der Waals surface area contributed by atoms with Gasteiger partial charge in [-0.25, -0.2) is 4.79 Å². The van der Waals surface area contributed by atoms with Crippen molar-refractivity contribution in [2.75, 3.05) is 19.8 Å². The lowest BCUT2D eigenvalue weighted by molar-refractivity contribution is -0.157. The van der Waals surface area contributed by atoms with E-state index in [4.69, 9.17) is 15.3 Å². The summed E-state index contributed by atoms with van der Waals surface area (Å²) in [6.07, 6.45) is -1.18. The Labute approximate surface area is 77.0 Å². The zero-order valence-electron chi connectivity index (χ0n) is 7.86. The SMILES string of the molecule is CC(O)C(=O)OCC(C)(CO)CO. The number of ether oxygens (including phenoxy) is 1. The Bertz CT molecular complexity index is 162. The second kappa shape index (κ2) is 5.16. The maximum atomic E-state index is 10.8. The number of aliphatic hydroxyl groups excluding tert-OH is 3. The van der Waals surface area contributed by atoms with Crippen molar-refractivity contribution in [1.29, 1.82) is 0 Å². The van der Waals surface area contributed by atoms with E-state index in [0.29, 0.717) is 0 Å². The number of aliphatic hydroxyl groups is 3. The molecule has 3 N–H and O–H groups in total. The van der Waals surface area contributed by atoms with E-state index in [1.807, 2.05) is 0 Å². The fourth-order valence-electron chi connectivity index (χ4n) is 0.507. The highest BCUT2D eigenvalue weighted by atomic mass is 16.5. The molecule has 0 saturated carbocycles. The standard InChI is InChI=1S/C8H16O5/c1-6(11)7(12)13-5-8(2,3-9)4-10/h6,9-11H,3-5H2,1-2H3. The highest BCUT2D eigenvalue weighted by Crippen LogP contribution is 2.14. The lowest BCUT2D eigenvalue weighted by Gasteiger charge is -2.24. The van der Waals surface area contributed by atoms with Crippen molar-refractivity contribution in [2.24, 2.45) is 5.41 Å². The third-order valence-electron chi connectivity index (χ3n) is 1.67. The van der Waals surface area contributed by atoms with E-state index in [2.05, 4.69) is 4.74 Å². The van der Waals surface area contributed by atoms with Crippen molar-refractivity contribution < 1.29 is 24.9 Å². The molecule has 5 nitrogen and oxygen atoms in total. The smallest absolute Gasteiger partial charge is 0.334 e. The molecule has 0 aliphatic heterocycles. The van der Waals surface area contributed by atoms with Crippen LogP contribution in [0.3, 0.4) is 0 Å². The normalized spacial score (nSPS) is 13.9. The molecule has 0 bridgehead atoms. The van der Waals surface area contributed by atoms with E-state index < -0.39 is 17.5 Å². The predicted octanol–water partition coefficient (Wildman–Crippen LogP) is -1.10. The van der Waals surface area contributed by atoms with Gasteiger partial charge in [-0.05, 0) is 6.92 Å². The van der Waals surface area contributed by atoms with Crippen LogP contribution in [0.1, 0.15) is 13.8 Å². The fourth-order valence-corrected chi connectivity index (χ4v) is 0.507. The molecular weight excluding hydrogens is 176 g/mol. The van der Waals surface area contributed by atoms with Crippen LogP contribution >= 0.6 is 0 Å². The van der Waals surface area contributed by atoms with Gasteiger partial charge in [0.25, 0.3) is 0 Å². The number of hydrogen-bond donors (Lipinski definition) is 3. The average molecular weight is 192 g/mol. The van der Waals surface area contributed by atoms with Crippen molar-refractivity contribution in [2.45, 2.75) is 20.0 Å². The lowest BCUT2D eigenvalue weighted by Crippen LogP contribution is -2.34. The van der Waals surface area contributed by atoms with Crippen LogP contribution in [0.4, 0.5) is 0 Å². The molecule has 0 radical (unpaired) electrons. The van der Waals surface area contributed by atoms with E-state index in [-0.39, 0.29) is 19.8 Å². The van der Waals surface area contributed by atoms with Gasteiger partial charge in [-0.2, -0.15) is 0 Å². The van der Waals surface area contributed by atoms with Crippen LogP contribution < -0.4 is 0 Å². The molecule has 0 aliphatic rings. The van der Waals surface area contributed by atoms with Gasteiger partial charge in [0.1, 0.15) is 12.7 Å². The van der Waals surface area contributed by atoms with Gasteiger partial charge in [-0.1, -0.05) is 6.92 Å². The number of carbonyl (C=O) groups excluding carboxylic acids is 1. The van der Waals surface area contributed by atoms with Gasteiger partial charge in [-0.3, -0.25) is 0 Å². The summed E-state index contributed by atoms with van der Waals surface area (Å²) in [7, 11) is 0. The first-order valence-electron chi connectivity index (χ1n) is 4.01. The summed E-state index contributed by atoms with van der Waals surface area (Å²) in [5.74, 6) is -0.756. The van der Waals surface area contributed by atoms with Crippen LogP contribution in [0.25, 0.3) is 0 Å². The largest absolute Gasteiger partial charge is 0.463 e. The molecule has 78 valence electrons. The van der Waals surface area contributed by atoms with Gasteiger partial charge >= 0.3 is 5.97 Å². The third kappa shape index (κ3) is 4.21. The molecular formula is C8H16O5. The van der Waals surface area contributed by atoms with Crippen LogP contribution in [0.15, 0.2) is 0 Å². The van der Waals surface area contributed by atoms with Crippen LogP contribution in [0, 0.1) is 5.41 Å². The molecule has 0 rings (SSSR count). The number of esters is 1. The Balaban J connectivity index is 3.92. The molecule has 13 heavy (non-hydrogen) atoms. The lowest BCUT2D eigenvalue weighted by atomic mass is 9.94. The van der Waals surface area contributed by atoms with E-state index in [9.17, 15) is 4.79 Å². The van der Waals surface area contributed by atoms with Gasteiger partial charge in [-0.15, -0.1) is 0 Å². The van der Waals surface area contributed by atoms with Crippen LogP contribution in [-0.2, 0) is 9.53 Å². The van der Waals surface area contributed by atoms with Gasteiger partial charge in [0, 0.05) is 5.41 Å². The molecule has 0 aliphatic carbocycles. The minimum absolute atomic E-state index is 0.107. The Hall–Kier alpha value is -0.650. The molecule has 0 spiro atoms. The zero-order chi connectivity index (χ0) is 10.5. The van der Waals surface area contributed by atoms with E-state index in [0.717, 1.165) is 0 Å². The van der Waals surface area contributed by atoms with Gasteiger partial charge in [0.15, 0.2) is 0 Å². The molecule has 0 heterocycles. The molecule has 0 amide bonds. The highest BCUT2D eigenvalue weighted by molar-refractivity contribution is 5.73. The van der Waals surface area contributed by atoms with Crippen LogP contribution in [0.5, 0.6) is 0 Å². The average Bonchev–Trinajstić information content (AvgIpc) is 2.13. The first-order chi connectivity index (χ1) is 5.95. The summed E-state index contributed by atoms with van der Waals surface area (Å²) >= 11 is 0. The van der Waals surface area contributed by atoms with Crippen LogP contribution in [-0.4, -0.2) is 47.2 Å².